The van der Waals surface area contributed by atoms with E-state index in [0.29, 0.717) is 24.3 Å². The van der Waals surface area contributed by atoms with Gasteiger partial charge in [0.1, 0.15) is 0 Å². The van der Waals surface area contributed by atoms with Gasteiger partial charge in [0.15, 0.2) is 0 Å². The fourth-order valence-electron chi connectivity index (χ4n) is 3.80. The molecule has 1 fully saturated rings. The van der Waals surface area contributed by atoms with Crippen molar-refractivity contribution in [3.8, 4) is 0 Å². The molecule has 0 radical (unpaired) electrons. The first-order chi connectivity index (χ1) is 15.3. The number of anilines is 1. The molecule has 2 N–H and O–H groups in total. The Balaban J connectivity index is 1.66. The largest absolute Gasteiger partial charge is 0.356 e. The van der Waals surface area contributed by atoms with Gasteiger partial charge in [-0.1, -0.05) is 31.5 Å². The zero-order valence-corrected chi connectivity index (χ0v) is 19.4. The molecule has 32 heavy (non-hydrogen) atoms. The summed E-state index contributed by atoms with van der Waals surface area (Å²) in [6.45, 7) is 5.12. The second-order valence-electron chi connectivity index (χ2n) is 8.22. The fourth-order valence-corrected chi connectivity index (χ4v) is 4.88. The number of likely N-dealkylation sites (tertiary alicyclic amines) is 1. The number of hydrogen-bond acceptors (Lipinski definition) is 4. The van der Waals surface area contributed by atoms with Crippen molar-refractivity contribution in [2.24, 2.45) is 5.92 Å². The summed E-state index contributed by atoms with van der Waals surface area (Å²) >= 11 is 0. The molecule has 0 bridgehead atoms. The van der Waals surface area contributed by atoms with E-state index in [1.165, 1.54) is 12.1 Å². The Labute approximate surface area is 190 Å². The van der Waals surface area contributed by atoms with Gasteiger partial charge in [-0.15, -0.1) is 0 Å². The van der Waals surface area contributed by atoms with Gasteiger partial charge in [0.05, 0.1) is 10.8 Å². The molecular formula is C24H31N3O4S. The SMILES string of the molecule is CCCCNC(=O)C1CCC(C)N(C(=O)c2ccc(NS(=O)(=O)c3ccccc3)cc2)C1. The highest BCUT2D eigenvalue weighted by atomic mass is 32.2. The van der Waals surface area contributed by atoms with E-state index in [1.54, 1.807) is 47.4 Å². The van der Waals surface area contributed by atoms with Crippen LogP contribution in [0.3, 0.4) is 0 Å². The van der Waals surface area contributed by atoms with Gasteiger partial charge in [-0.05, 0) is 62.6 Å². The summed E-state index contributed by atoms with van der Waals surface area (Å²) in [6.07, 6.45) is 3.50. The molecule has 1 aliphatic rings. The lowest BCUT2D eigenvalue weighted by Gasteiger charge is -2.37. The van der Waals surface area contributed by atoms with Crippen molar-refractivity contribution in [1.29, 1.82) is 0 Å². The Kier molecular flexibility index (Phi) is 7.90. The Morgan fingerprint density at radius 3 is 2.38 bits per heavy atom. The number of sulfonamides is 1. The molecule has 1 heterocycles. The van der Waals surface area contributed by atoms with Crippen LogP contribution in [0.1, 0.15) is 49.9 Å². The number of carbonyl (C=O) groups is 2. The predicted octanol–water partition coefficient (Wildman–Crippen LogP) is 3.64. The molecule has 1 saturated heterocycles. The third-order valence-corrected chi connectivity index (χ3v) is 7.18. The van der Waals surface area contributed by atoms with Gasteiger partial charge in [0.25, 0.3) is 15.9 Å². The van der Waals surface area contributed by atoms with Crippen LogP contribution in [-0.4, -0.2) is 44.3 Å². The molecule has 0 spiro atoms. The smallest absolute Gasteiger partial charge is 0.261 e. The van der Waals surface area contributed by atoms with Crippen LogP contribution in [-0.2, 0) is 14.8 Å². The lowest BCUT2D eigenvalue weighted by Crippen LogP contribution is -2.49. The quantitative estimate of drug-likeness (QED) is 0.592. The maximum atomic E-state index is 13.1. The molecule has 3 rings (SSSR count). The van der Waals surface area contributed by atoms with Crippen LogP contribution in [0.2, 0.25) is 0 Å². The molecule has 0 aromatic heterocycles. The molecule has 1 aliphatic heterocycles. The zero-order valence-electron chi connectivity index (χ0n) is 18.6. The maximum absolute atomic E-state index is 13.1. The lowest BCUT2D eigenvalue weighted by molar-refractivity contribution is -0.126. The minimum Gasteiger partial charge on any atom is -0.356 e. The van der Waals surface area contributed by atoms with Gasteiger partial charge < -0.3 is 10.2 Å². The van der Waals surface area contributed by atoms with Crippen LogP contribution in [0.5, 0.6) is 0 Å². The summed E-state index contributed by atoms with van der Waals surface area (Å²) in [6, 6.07) is 14.5. The van der Waals surface area contributed by atoms with Crippen LogP contribution in [0.4, 0.5) is 5.69 Å². The summed E-state index contributed by atoms with van der Waals surface area (Å²) < 4.78 is 27.5. The second kappa shape index (κ2) is 10.6. The Hall–Kier alpha value is -2.87. The van der Waals surface area contributed by atoms with Crippen LogP contribution < -0.4 is 10.0 Å². The summed E-state index contributed by atoms with van der Waals surface area (Å²) in [5, 5.41) is 2.97. The number of benzene rings is 2. The number of carbonyl (C=O) groups excluding carboxylic acids is 2. The molecule has 8 heteroatoms. The summed E-state index contributed by atoms with van der Waals surface area (Å²) in [4.78, 5) is 27.5. The first-order valence-electron chi connectivity index (χ1n) is 11.1. The van der Waals surface area contributed by atoms with Crippen LogP contribution in [0.25, 0.3) is 0 Å². The molecule has 0 saturated carbocycles. The molecular weight excluding hydrogens is 426 g/mol. The van der Waals surface area contributed by atoms with E-state index in [2.05, 4.69) is 17.0 Å². The van der Waals surface area contributed by atoms with Gasteiger partial charge in [-0.2, -0.15) is 0 Å². The topological polar surface area (TPSA) is 95.6 Å². The van der Waals surface area contributed by atoms with Crippen molar-refractivity contribution >= 4 is 27.5 Å². The monoisotopic (exact) mass is 457 g/mol. The van der Waals surface area contributed by atoms with Crippen molar-refractivity contribution in [3.63, 3.8) is 0 Å². The van der Waals surface area contributed by atoms with E-state index in [0.717, 1.165) is 25.7 Å². The van der Waals surface area contributed by atoms with E-state index >= 15 is 0 Å². The minimum absolute atomic E-state index is 0.00816. The summed E-state index contributed by atoms with van der Waals surface area (Å²) in [5.41, 5.74) is 0.844. The van der Waals surface area contributed by atoms with Crippen molar-refractivity contribution < 1.29 is 18.0 Å². The number of piperidine rings is 1. The van der Waals surface area contributed by atoms with Gasteiger partial charge in [-0.3, -0.25) is 14.3 Å². The molecule has 2 amide bonds. The van der Waals surface area contributed by atoms with Crippen molar-refractivity contribution in [1.82, 2.24) is 10.2 Å². The average Bonchev–Trinajstić information content (AvgIpc) is 2.80. The van der Waals surface area contributed by atoms with Crippen molar-refractivity contribution in [2.75, 3.05) is 17.8 Å². The summed E-state index contributed by atoms with van der Waals surface area (Å²) in [7, 11) is -3.69. The molecule has 2 aromatic rings. The molecule has 2 aromatic carbocycles. The summed E-state index contributed by atoms with van der Waals surface area (Å²) in [5.74, 6) is -0.348. The van der Waals surface area contributed by atoms with Gasteiger partial charge in [0, 0.05) is 30.4 Å². The van der Waals surface area contributed by atoms with E-state index < -0.39 is 10.0 Å². The first kappa shape index (κ1) is 23.8. The highest BCUT2D eigenvalue weighted by Gasteiger charge is 2.33. The highest BCUT2D eigenvalue weighted by molar-refractivity contribution is 7.92. The minimum atomic E-state index is -3.69. The first-order valence-corrected chi connectivity index (χ1v) is 12.6. The van der Waals surface area contributed by atoms with Gasteiger partial charge >= 0.3 is 0 Å². The molecule has 0 aliphatic carbocycles. The van der Waals surface area contributed by atoms with Crippen LogP contribution in [0, 0.1) is 5.92 Å². The number of nitrogens with zero attached hydrogens (tertiary/aromatic N) is 1. The number of unbranched alkanes of at least 4 members (excludes halogenated alkanes) is 1. The highest BCUT2D eigenvalue weighted by Crippen LogP contribution is 2.25. The average molecular weight is 458 g/mol. The van der Waals surface area contributed by atoms with Gasteiger partial charge in [0.2, 0.25) is 5.91 Å². The number of rotatable bonds is 8. The van der Waals surface area contributed by atoms with Crippen LogP contribution >= 0.6 is 0 Å². The van der Waals surface area contributed by atoms with E-state index in [1.807, 2.05) is 6.92 Å². The standard InChI is InChI=1S/C24H31N3O4S/c1-3-4-16-25-23(28)20-11-10-18(2)27(17-20)24(29)19-12-14-21(15-13-19)26-32(30,31)22-8-6-5-7-9-22/h5-9,12-15,18,20,26H,3-4,10-11,16-17H2,1-2H3,(H,25,28). The van der Waals surface area contributed by atoms with E-state index in [-0.39, 0.29) is 28.7 Å². The zero-order chi connectivity index (χ0) is 23.1. The number of nitrogens with one attached hydrogen (secondary N) is 2. The molecule has 7 nitrogen and oxygen atoms in total. The Morgan fingerprint density at radius 2 is 1.72 bits per heavy atom. The maximum Gasteiger partial charge on any atom is 0.261 e. The fraction of sp³-hybridized carbons (Fsp3) is 0.417. The predicted molar refractivity (Wildman–Crippen MR) is 125 cm³/mol. The van der Waals surface area contributed by atoms with Crippen LogP contribution in [0.15, 0.2) is 59.5 Å². The number of amides is 2. The third-order valence-electron chi connectivity index (χ3n) is 5.78. The van der Waals surface area contributed by atoms with E-state index in [4.69, 9.17) is 0 Å². The van der Waals surface area contributed by atoms with Crippen molar-refractivity contribution in [2.45, 2.75) is 50.5 Å². The lowest BCUT2D eigenvalue weighted by atomic mass is 9.92. The molecule has 2 unspecified atom stereocenters. The normalized spacial score (nSPS) is 18.8. The molecule has 172 valence electrons. The third kappa shape index (κ3) is 5.88. The van der Waals surface area contributed by atoms with Crippen molar-refractivity contribution in [3.05, 3.63) is 60.2 Å². The Morgan fingerprint density at radius 1 is 1.03 bits per heavy atom. The Bertz CT molecular complexity index is 1020. The number of hydrogen-bond donors (Lipinski definition) is 2. The van der Waals surface area contributed by atoms with E-state index in [9.17, 15) is 18.0 Å². The van der Waals surface area contributed by atoms with Gasteiger partial charge in [-0.25, -0.2) is 8.42 Å². The second-order valence-corrected chi connectivity index (χ2v) is 9.90. The molecule has 2 atom stereocenters.